The summed E-state index contributed by atoms with van der Waals surface area (Å²) in [5.74, 6) is 0. The minimum atomic E-state index is -4.02. The van der Waals surface area contributed by atoms with Gasteiger partial charge >= 0.3 is 57.6 Å². The molecule has 0 atom stereocenters. The maximum absolute atomic E-state index is 11.6. The number of alkyl halides is 3. The molecular weight excluding hydrogens is 223 g/mol. The van der Waals surface area contributed by atoms with Crippen LogP contribution in [0.15, 0.2) is 0 Å². The van der Waals surface area contributed by atoms with E-state index < -0.39 is 12.6 Å². The zero-order chi connectivity index (χ0) is 10.2. The second-order valence-corrected chi connectivity index (χ2v) is 3.08. The van der Waals surface area contributed by atoms with Crippen LogP contribution in [-0.4, -0.2) is 6.18 Å². The molecule has 14 heavy (non-hydrogen) atoms. The Morgan fingerprint density at radius 2 is 1.36 bits per heavy atom. The minimum Gasteiger partial charge on any atom is -0.459 e. The smallest absolute Gasteiger partial charge is 0.459 e. The molecule has 80 valence electrons. The van der Waals surface area contributed by atoms with E-state index in [0.29, 0.717) is 19.5 Å². The maximum Gasteiger partial charge on any atom is 1.00 e. The van der Waals surface area contributed by atoms with Crippen molar-refractivity contribution < 1.29 is 68.9 Å². The summed E-state index contributed by atoms with van der Waals surface area (Å²) in [5.41, 5.74) is 0. The molecule has 0 nitrogen and oxygen atoms in total. The summed E-state index contributed by atoms with van der Waals surface area (Å²) in [6.07, 6.45) is -1.19. The van der Waals surface area contributed by atoms with Crippen molar-refractivity contribution in [3.8, 4) is 0 Å². The average molecular weight is 238 g/mol. The number of unbranched alkanes of at least 4 members (excludes halogenated alkanes) is 5. The van der Waals surface area contributed by atoms with Crippen molar-refractivity contribution in [3.05, 3.63) is 6.67 Å². The molecule has 0 aromatic carbocycles. The Bertz CT molecular complexity index is 114. The first-order chi connectivity index (χ1) is 6.06. The van der Waals surface area contributed by atoms with Gasteiger partial charge in [-0.05, 0) is 6.42 Å². The van der Waals surface area contributed by atoms with Gasteiger partial charge in [-0.1, -0.05) is 25.7 Å². The van der Waals surface area contributed by atoms with Gasteiger partial charge in [-0.2, -0.15) is 26.3 Å². The van der Waals surface area contributed by atoms with Crippen LogP contribution >= 0.6 is 0 Å². The quantitative estimate of drug-likeness (QED) is 0.272. The Kier molecular flexibility index (Phi) is 13.8. The second-order valence-electron chi connectivity index (χ2n) is 3.08. The predicted molar refractivity (Wildman–Crippen MR) is 43.8 cm³/mol. The SMILES string of the molecule is F[CH-]CCCCCCCC(F)(F)F.[K+]. The van der Waals surface area contributed by atoms with Gasteiger partial charge < -0.3 is 4.39 Å². The van der Waals surface area contributed by atoms with Crippen molar-refractivity contribution in [1.82, 2.24) is 0 Å². The summed E-state index contributed by atoms with van der Waals surface area (Å²) in [4.78, 5) is 0. The molecule has 5 heteroatoms. The van der Waals surface area contributed by atoms with E-state index in [9.17, 15) is 17.6 Å². The first-order valence-corrected chi connectivity index (χ1v) is 4.55. The number of halogens is 4. The Balaban J connectivity index is 0. The number of rotatable bonds is 7. The summed E-state index contributed by atoms with van der Waals surface area (Å²) in [7, 11) is 0. The maximum atomic E-state index is 11.6. The van der Waals surface area contributed by atoms with E-state index in [0.717, 1.165) is 19.3 Å². The molecule has 0 amide bonds. The topological polar surface area (TPSA) is 0 Å². The van der Waals surface area contributed by atoms with Crippen LogP contribution in [0.5, 0.6) is 0 Å². The first-order valence-electron chi connectivity index (χ1n) is 4.55. The van der Waals surface area contributed by atoms with Crippen LogP contribution in [0.1, 0.15) is 44.9 Å². The van der Waals surface area contributed by atoms with Gasteiger partial charge in [0.1, 0.15) is 0 Å². The predicted octanol–water partition coefficient (Wildman–Crippen LogP) is 1.41. The zero-order valence-electron chi connectivity index (χ0n) is 8.54. The third-order valence-electron chi connectivity index (χ3n) is 1.77. The minimum absolute atomic E-state index is 0. The van der Waals surface area contributed by atoms with E-state index in [4.69, 9.17) is 0 Å². The van der Waals surface area contributed by atoms with Gasteiger partial charge in [0.25, 0.3) is 0 Å². The molecule has 0 spiro atoms. The van der Waals surface area contributed by atoms with Gasteiger partial charge in [-0.25, -0.2) is 0 Å². The molecule has 0 saturated carbocycles. The van der Waals surface area contributed by atoms with E-state index in [1.54, 1.807) is 0 Å². The Hall–Kier alpha value is 1.36. The van der Waals surface area contributed by atoms with E-state index in [1.807, 2.05) is 0 Å². The third kappa shape index (κ3) is 15.8. The van der Waals surface area contributed by atoms with Crippen molar-refractivity contribution in [2.75, 3.05) is 0 Å². The third-order valence-corrected chi connectivity index (χ3v) is 1.77. The van der Waals surface area contributed by atoms with Crippen LogP contribution in [0, 0.1) is 6.67 Å². The molecule has 0 radical (unpaired) electrons. The summed E-state index contributed by atoms with van der Waals surface area (Å²) < 4.78 is 46.3. The van der Waals surface area contributed by atoms with Gasteiger partial charge in [0.05, 0.1) is 0 Å². The number of hydrogen-bond acceptors (Lipinski definition) is 0. The molecule has 0 rings (SSSR count). The molecule has 0 unspecified atom stereocenters. The Morgan fingerprint density at radius 1 is 0.857 bits per heavy atom. The van der Waals surface area contributed by atoms with E-state index in [2.05, 4.69) is 0 Å². The summed E-state index contributed by atoms with van der Waals surface area (Å²) in [6.45, 7) is 0.593. The standard InChI is InChI=1S/C9H15F4.K/c10-8-6-4-2-1-3-5-7-9(11,12)13;/h8H,1-7H2;/q-1;+1. The Morgan fingerprint density at radius 3 is 1.86 bits per heavy atom. The molecule has 0 bridgehead atoms. The van der Waals surface area contributed by atoms with Gasteiger partial charge in [0, 0.05) is 6.42 Å². The first kappa shape index (κ1) is 17.7. The van der Waals surface area contributed by atoms with Crippen LogP contribution in [0.3, 0.4) is 0 Å². The molecule has 0 aliphatic carbocycles. The van der Waals surface area contributed by atoms with Gasteiger partial charge in [-0.15, -0.1) is 0 Å². The fourth-order valence-corrected chi connectivity index (χ4v) is 1.08. The largest absolute Gasteiger partial charge is 1.00 e. The van der Waals surface area contributed by atoms with Gasteiger partial charge in [0.2, 0.25) is 0 Å². The summed E-state index contributed by atoms with van der Waals surface area (Å²) >= 11 is 0. The van der Waals surface area contributed by atoms with Gasteiger partial charge in [0.15, 0.2) is 0 Å². The number of hydrogen-bond donors (Lipinski definition) is 0. The van der Waals surface area contributed by atoms with Gasteiger partial charge in [-0.3, -0.25) is 0 Å². The van der Waals surface area contributed by atoms with Crippen LogP contribution in [0.2, 0.25) is 0 Å². The molecule has 0 aromatic rings. The summed E-state index contributed by atoms with van der Waals surface area (Å²) in [5, 5.41) is 0. The van der Waals surface area contributed by atoms with Crippen LogP contribution in [0.4, 0.5) is 17.6 Å². The van der Waals surface area contributed by atoms with Crippen LogP contribution < -0.4 is 51.4 Å². The molecule has 0 aliphatic heterocycles. The normalized spacial score (nSPS) is 11.1. The molecule has 0 aromatic heterocycles. The zero-order valence-corrected chi connectivity index (χ0v) is 11.7. The fraction of sp³-hybridized carbons (Fsp3) is 0.889. The Labute approximate surface area is 125 Å². The molecule has 0 aliphatic rings. The molecule has 0 fully saturated rings. The molecular formula is C9H15F4K. The van der Waals surface area contributed by atoms with E-state index in [-0.39, 0.29) is 57.8 Å². The fourth-order valence-electron chi connectivity index (χ4n) is 1.08. The monoisotopic (exact) mass is 238 g/mol. The van der Waals surface area contributed by atoms with Crippen molar-refractivity contribution in [2.24, 2.45) is 0 Å². The van der Waals surface area contributed by atoms with Crippen molar-refractivity contribution in [3.63, 3.8) is 0 Å². The van der Waals surface area contributed by atoms with Crippen molar-refractivity contribution >= 4 is 0 Å². The van der Waals surface area contributed by atoms with Crippen molar-refractivity contribution in [1.29, 1.82) is 0 Å². The van der Waals surface area contributed by atoms with E-state index >= 15 is 0 Å². The summed E-state index contributed by atoms with van der Waals surface area (Å²) in [6, 6.07) is 0. The molecule has 0 saturated heterocycles. The van der Waals surface area contributed by atoms with E-state index in [1.165, 1.54) is 0 Å². The average Bonchev–Trinajstić information content (AvgIpc) is 2.01. The van der Waals surface area contributed by atoms with Crippen LogP contribution in [-0.2, 0) is 0 Å². The second kappa shape index (κ2) is 10.9. The van der Waals surface area contributed by atoms with Crippen molar-refractivity contribution in [2.45, 2.75) is 51.1 Å². The molecule has 0 heterocycles. The van der Waals surface area contributed by atoms with Crippen LogP contribution in [0.25, 0.3) is 0 Å². The molecule has 0 N–H and O–H groups in total.